The van der Waals surface area contributed by atoms with Crippen molar-refractivity contribution >= 4 is 11.9 Å². The van der Waals surface area contributed by atoms with Crippen molar-refractivity contribution in [3.8, 4) is 0 Å². The average molecular weight is 242 g/mol. The number of carbonyl (C=O) groups is 2. The van der Waals surface area contributed by atoms with Crippen LogP contribution in [0.15, 0.2) is 0 Å². The van der Waals surface area contributed by atoms with Gasteiger partial charge in [-0.3, -0.25) is 4.79 Å². The normalized spacial score (nSPS) is 18.4. The highest BCUT2D eigenvalue weighted by molar-refractivity contribution is 5.77. The van der Waals surface area contributed by atoms with Crippen LogP contribution in [0.1, 0.15) is 38.5 Å². The Labute approximate surface area is 101 Å². The molecule has 6 N–H and O–H groups in total. The molecule has 0 aromatic carbocycles. The lowest BCUT2D eigenvalue weighted by Gasteiger charge is -2.32. The fraction of sp³-hybridized carbons (Fsp3) is 0.818. The van der Waals surface area contributed by atoms with Gasteiger partial charge in [0, 0.05) is 25.0 Å². The lowest BCUT2D eigenvalue weighted by molar-refractivity contribution is -0.122. The minimum Gasteiger partial charge on any atom is -0.354 e. The van der Waals surface area contributed by atoms with E-state index >= 15 is 0 Å². The van der Waals surface area contributed by atoms with Gasteiger partial charge in [-0.15, -0.1) is 0 Å². The lowest BCUT2D eigenvalue weighted by Crippen LogP contribution is -2.47. The maximum atomic E-state index is 11.6. The van der Waals surface area contributed by atoms with E-state index in [4.69, 9.17) is 11.5 Å². The zero-order valence-electron chi connectivity index (χ0n) is 10.1. The van der Waals surface area contributed by atoms with Gasteiger partial charge in [-0.1, -0.05) is 19.3 Å². The second kappa shape index (κ2) is 6.44. The number of urea groups is 1. The Kier molecular flexibility index (Phi) is 5.21. The van der Waals surface area contributed by atoms with Crippen LogP contribution in [0, 0.1) is 0 Å². The van der Waals surface area contributed by atoms with Gasteiger partial charge in [0.25, 0.3) is 0 Å². The molecule has 1 fully saturated rings. The Balaban J connectivity index is 2.17. The number of carbonyl (C=O) groups excluding carboxylic acids is 2. The zero-order valence-corrected chi connectivity index (χ0v) is 10.1. The lowest BCUT2D eigenvalue weighted by atomic mass is 9.80. The molecule has 1 saturated carbocycles. The van der Waals surface area contributed by atoms with Gasteiger partial charge in [-0.2, -0.15) is 0 Å². The minimum atomic E-state index is -0.582. The predicted molar refractivity (Wildman–Crippen MR) is 65.2 cm³/mol. The summed E-state index contributed by atoms with van der Waals surface area (Å²) in [6.45, 7) is 0.733. The van der Waals surface area contributed by atoms with Crippen molar-refractivity contribution in [2.45, 2.75) is 44.1 Å². The molecule has 0 saturated heterocycles. The molecule has 98 valence electrons. The molecule has 6 nitrogen and oxygen atoms in total. The third-order valence-corrected chi connectivity index (χ3v) is 3.11. The molecule has 0 atom stereocenters. The first-order valence-corrected chi connectivity index (χ1v) is 6.11. The summed E-state index contributed by atoms with van der Waals surface area (Å²) in [7, 11) is 0. The number of primary amides is 1. The fourth-order valence-electron chi connectivity index (χ4n) is 2.20. The monoisotopic (exact) mass is 242 g/mol. The molecule has 0 aliphatic heterocycles. The summed E-state index contributed by atoms with van der Waals surface area (Å²) in [4.78, 5) is 22.0. The molecule has 3 amide bonds. The second-order valence-electron chi connectivity index (χ2n) is 4.74. The Morgan fingerprint density at radius 1 is 1.06 bits per heavy atom. The van der Waals surface area contributed by atoms with Crippen LogP contribution in [0.5, 0.6) is 0 Å². The number of rotatable bonds is 5. The van der Waals surface area contributed by atoms with Crippen LogP contribution in [0.3, 0.4) is 0 Å². The maximum Gasteiger partial charge on any atom is 0.312 e. The molecular formula is C11H22N4O2. The SMILES string of the molecule is NC(=O)NCCNC(=O)CC1(N)CCCCC1. The smallest absolute Gasteiger partial charge is 0.312 e. The molecule has 1 aliphatic rings. The molecule has 0 aromatic heterocycles. The van der Waals surface area contributed by atoms with Gasteiger partial charge in [0.1, 0.15) is 0 Å². The summed E-state index contributed by atoms with van der Waals surface area (Å²) in [6.07, 6.45) is 5.62. The second-order valence-corrected chi connectivity index (χ2v) is 4.74. The van der Waals surface area contributed by atoms with Crippen molar-refractivity contribution in [3.05, 3.63) is 0 Å². The molecule has 1 aliphatic carbocycles. The van der Waals surface area contributed by atoms with Crippen LogP contribution >= 0.6 is 0 Å². The third kappa shape index (κ3) is 5.53. The molecule has 0 radical (unpaired) electrons. The minimum absolute atomic E-state index is 0.0549. The Morgan fingerprint density at radius 3 is 2.24 bits per heavy atom. The van der Waals surface area contributed by atoms with Crippen molar-refractivity contribution in [3.63, 3.8) is 0 Å². The van der Waals surface area contributed by atoms with Crippen molar-refractivity contribution in [2.75, 3.05) is 13.1 Å². The molecule has 0 aromatic rings. The van der Waals surface area contributed by atoms with Gasteiger partial charge in [0.2, 0.25) is 5.91 Å². The van der Waals surface area contributed by atoms with Gasteiger partial charge in [-0.05, 0) is 12.8 Å². The van der Waals surface area contributed by atoms with Gasteiger partial charge in [0.05, 0.1) is 0 Å². The van der Waals surface area contributed by atoms with Crippen LogP contribution in [0.25, 0.3) is 0 Å². The van der Waals surface area contributed by atoms with E-state index < -0.39 is 6.03 Å². The van der Waals surface area contributed by atoms with Crippen LogP contribution in [0.2, 0.25) is 0 Å². The summed E-state index contributed by atoms with van der Waals surface area (Å²) in [5, 5.41) is 5.13. The van der Waals surface area contributed by atoms with E-state index in [9.17, 15) is 9.59 Å². The quantitative estimate of drug-likeness (QED) is 0.502. The van der Waals surface area contributed by atoms with Crippen LogP contribution in [0.4, 0.5) is 4.79 Å². The Morgan fingerprint density at radius 2 is 1.65 bits per heavy atom. The maximum absolute atomic E-state index is 11.6. The first-order chi connectivity index (χ1) is 8.02. The standard InChI is InChI=1S/C11H22N4O2/c12-10(17)15-7-6-14-9(16)8-11(13)4-2-1-3-5-11/h1-8,13H2,(H,14,16)(H3,12,15,17). The summed E-state index contributed by atoms with van der Waals surface area (Å²) in [5.41, 5.74) is 10.7. The van der Waals surface area contributed by atoms with Crippen LogP contribution in [-0.4, -0.2) is 30.6 Å². The fourth-order valence-corrected chi connectivity index (χ4v) is 2.20. The van der Waals surface area contributed by atoms with Crippen molar-refractivity contribution < 1.29 is 9.59 Å². The van der Waals surface area contributed by atoms with Gasteiger partial charge < -0.3 is 22.1 Å². The van der Waals surface area contributed by atoms with E-state index in [0.29, 0.717) is 19.5 Å². The van der Waals surface area contributed by atoms with Crippen molar-refractivity contribution in [1.82, 2.24) is 10.6 Å². The first kappa shape index (κ1) is 13.8. The summed E-state index contributed by atoms with van der Waals surface area (Å²) >= 11 is 0. The molecule has 17 heavy (non-hydrogen) atoms. The average Bonchev–Trinajstić information content (AvgIpc) is 2.24. The molecule has 0 unspecified atom stereocenters. The molecule has 6 heteroatoms. The van der Waals surface area contributed by atoms with Crippen molar-refractivity contribution in [2.24, 2.45) is 11.5 Å². The number of nitrogens with two attached hydrogens (primary N) is 2. The Hall–Kier alpha value is -1.30. The molecule has 1 rings (SSSR count). The summed E-state index contributed by atoms with van der Waals surface area (Å²) in [5.74, 6) is -0.0549. The first-order valence-electron chi connectivity index (χ1n) is 6.11. The van der Waals surface area contributed by atoms with Crippen molar-refractivity contribution in [1.29, 1.82) is 0 Å². The molecule has 0 heterocycles. The highest BCUT2D eigenvalue weighted by Crippen LogP contribution is 2.28. The molecule has 0 spiro atoms. The third-order valence-electron chi connectivity index (χ3n) is 3.11. The van der Waals surface area contributed by atoms with Crippen LogP contribution in [-0.2, 0) is 4.79 Å². The molecular weight excluding hydrogens is 220 g/mol. The van der Waals surface area contributed by atoms with E-state index in [0.717, 1.165) is 25.7 Å². The van der Waals surface area contributed by atoms with Gasteiger partial charge in [-0.25, -0.2) is 4.79 Å². The topological polar surface area (TPSA) is 110 Å². The number of amides is 3. The predicted octanol–water partition coefficient (Wildman–Crippen LogP) is -0.177. The number of nitrogens with one attached hydrogen (secondary N) is 2. The van der Waals surface area contributed by atoms with E-state index in [1.807, 2.05) is 0 Å². The summed E-state index contributed by atoms with van der Waals surface area (Å²) in [6, 6.07) is -0.582. The highest BCUT2D eigenvalue weighted by atomic mass is 16.2. The zero-order chi connectivity index (χ0) is 12.7. The van der Waals surface area contributed by atoms with Gasteiger partial charge >= 0.3 is 6.03 Å². The van der Waals surface area contributed by atoms with Gasteiger partial charge in [0.15, 0.2) is 0 Å². The summed E-state index contributed by atoms with van der Waals surface area (Å²) < 4.78 is 0. The number of hydrogen-bond acceptors (Lipinski definition) is 3. The Bertz CT molecular complexity index is 275. The molecule has 0 bridgehead atoms. The van der Waals surface area contributed by atoms with E-state index in [1.54, 1.807) is 0 Å². The van der Waals surface area contributed by atoms with Crippen LogP contribution < -0.4 is 22.1 Å². The van der Waals surface area contributed by atoms with E-state index in [-0.39, 0.29) is 11.4 Å². The van der Waals surface area contributed by atoms with E-state index in [1.165, 1.54) is 6.42 Å². The van der Waals surface area contributed by atoms with E-state index in [2.05, 4.69) is 10.6 Å². The highest BCUT2D eigenvalue weighted by Gasteiger charge is 2.29. The largest absolute Gasteiger partial charge is 0.354 e. The number of hydrogen-bond donors (Lipinski definition) is 4.